The number of aromatic nitrogens is 1. The normalized spacial score (nSPS) is 19.0. The molecule has 114 valence electrons. The second-order valence-corrected chi connectivity index (χ2v) is 5.28. The first-order valence-electron chi connectivity index (χ1n) is 5.86. The molecular formula is C12H10BrF3N2O3. The number of anilines is 1. The van der Waals surface area contributed by atoms with Gasteiger partial charge in [0.15, 0.2) is 5.69 Å². The summed E-state index contributed by atoms with van der Waals surface area (Å²) >= 11 is 2.78. The van der Waals surface area contributed by atoms with Gasteiger partial charge in [0, 0.05) is 17.4 Å². The molecule has 21 heavy (non-hydrogen) atoms. The minimum atomic E-state index is -4.64. The maximum atomic E-state index is 12.8. The number of rotatable bonds is 2. The van der Waals surface area contributed by atoms with Gasteiger partial charge in [-0.05, 0) is 28.1 Å². The van der Waals surface area contributed by atoms with E-state index in [0.29, 0.717) is 0 Å². The first-order valence-corrected chi connectivity index (χ1v) is 6.65. The van der Waals surface area contributed by atoms with Crippen LogP contribution in [0, 0.1) is 5.92 Å². The standard InChI is InChI=1S/C12H10BrF3N2O3/c1-21-11(20)6-4-9(19)18(5-6)8-3-2-7(13)10(17-8)12(14,15)16/h2-3,6H,4-5H2,1H3. The summed E-state index contributed by atoms with van der Waals surface area (Å²) in [4.78, 5) is 27.8. The fraction of sp³-hybridized carbons (Fsp3) is 0.417. The predicted molar refractivity (Wildman–Crippen MR) is 69.4 cm³/mol. The number of pyridine rings is 1. The van der Waals surface area contributed by atoms with Crippen molar-refractivity contribution in [1.29, 1.82) is 0 Å². The quantitative estimate of drug-likeness (QED) is 0.754. The Balaban J connectivity index is 2.31. The molecule has 0 aliphatic carbocycles. The van der Waals surface area contributed by atoms with E-state index >= 15 is 0 Å². The fourth-order valence-electron chi connectivity index (χ4n) is 2.03. The molecule has 2 rings (SSSR count). The van der Waals surface area contributed by atoms with Crippen LogP contribution in [0.5, 0.6) is 0 Å². The average Bonchev–Trinajstić information content (AvgIpc) is 2.79. The van der Waals surface area contributed by atoms with Crippen LogP contribution < -0.4 is 4.90 Å². The summed E-state index contributed by atoms with van der Waals surface area (Å²) in [7, 11) is 1.19. The number of methoxy groups -OCH3 is 1. The highest BCUT2D eigenvalue weighted by Crippen LogP contribution is 2.35. The molecule has 1 aromatic heterocycles. The van der Waals surface area contributed by atoms with Crippen molar-refractivity contribution >= 4 is 33.6 Å². The molecule has 1 aliphatic heterocycles. The Morgan fingerprint density at radius 3 is 2.71 bits per heavy atom. The van der Waals surface area contributed by atoms with Crippen LogP contribution in [0.15, 0.2) is 16.6 Å². The zero-order valence-corrected chi connectivity index (χ0v) is 12.4. The van der Waals surface area contributed by atoms with Gasteiger partial charge in [-0.25, -0.2) is 4.98 Å². The summed E-state index contributed by atoms with van der Waals surface area (Å²) < 4.78 is 42.7. The van der Waals surface area contributed by atoms with Crippen molar-refractivity contribution < 1.29 is 27.5 Å². The van der Waals surface area contributed by atoms with E-state index in [1.54, 1.807) is 0 Å². The lowest BCUT2D eigenvalue weighted by Gasteiger charge is -2.17. The Hall–Kier alpha value is -1.64. The Morgan fingerprint density at radius 2 is 2.14 bits per heavy atom. The van der Waals surface area contributed by atoms with Crippen LogP contribution in [0.1, 0.15) is 12.1 Å². The molecule has 1 atom stereocenters. The first-order chi connectivity index (χ1) is 9.74. The average molecular weight is 367 g/mol. The minimum Gasteiger partial charge on any atom is -0.469 e. The predicted octanol–water partition coefficient (Wildman–Crippen LogP) is 2.39. The van der Waals surface area contributed by atoms with Gasteiger partial charge in [0.25, 0.3) is 0 Å². The summed E-state index contributed by atoms with van der Waals surface area (Å²) in [6.07, 6.45) is -4.74. The van der Waals surface area contributed by atoms with Gasteiger partial charge in [0.05, 0.1) is 13.0 Å². The molecule has 0 bridgehead atoms. The van der Waals surface area contributed by atoms with E-state index in [4.69, 9.17) is 0 Å². The van der Waals surface area contributed by atoms with Gasteiger partial charge < -0.3 is 4.74 Å². The first kappa shape index (κ1) is 15.7. The van der Waals surface area contributed by atoms with Crippen molar-refractivity contribution in [2.75, 3.05) is 18.6 Å². The molecule has 9 heteroatoms. The Morgan fingerprint density at radius 1 is 1.48 bits per heavy atom. The molecule has 0 aromatic carbocycles. The number of amides is 1. The highest BCUT2D eigenvalue weighted by Gasteiger charge is 2.39. The van der Waals surface area contributed by atoms with Crippen molar-refractivity contribution in [2.24, 2.45) is 5.92 Å². The smallest absolute Gasteiger partial charge is 0.434 e. The monoisotopic (exact) mass is 366 g/mol. The molecule has 1 aliphatic rings. The van der Waals surface area contributed by atoms with Gasteiger partial charge in [0.1, 0.15) is 5.82 Å². The summed E-state index contributed by atoms with van der Waals surface area (Å²) in [6.45, 7) is -0.0442. The Kier molecular flexibility index (Phi) is 4.22. The van der Waals surface area contributed by atoms with Gasteiger partial charge >= 0.3 is 12.1 Å². The van der Waals surface area contributed by atoms with Crippen molar-refractivity contribution in [3.63, 3.8) is 0 Å². The summed E-state index contributed by atoms with van der Waals surface area (Å²) in [6, 6.07) is 2.46. The van der Waals surface area contributed by atoms with Crippen LogP contribution in [-0.4, -0.2) is 30.5 Å². The van der Waals surface area contributed by atoms with E-state index in [0.717, 1.165) is 4.90 Å². The van der Waals surface area contributed by atoms with Gasteiger partial charge in [-0.1, -0.05) is 0 Å². The van der Waals surface area contributed by atoms with Gasteiger partial charge in [-0.3, -0.25) is 14.5 Å². The van der Waals surface area contributed by atoms with E-state index in [2.05, 4.69) is 25.7 Å². The van der Waals surface area contributed by atoms with Gasteiger partial charge in [-0.2, -0.15) is 13.2 Å². The lowest BCUT2D eigenvalue weighted by molar-refractivity contribution is -0.145. The van der Waals surface area contributed by atoms with E-state index < -0.39 is 29.7 Å². The summed E-state index contributed by atoms with van der Waals surface area (Å²) in [5.41, 5.74) is -1.12. The number of ether oxygens (including phenoxy) is 1. The third kappa shape index (κ3) is 3.17. The number of halogens is 4. The summed E-state index contributed by atoms with van der Waals surface area (Å²) in [5, 5.41) is 0. The molecule has 1 fully saturated rings. The fourth-order valence-corrected chi connectivity index (χ4v) is 2.48. The molecule has 5 nitrogen and oxygen atoms in total. The van der Waals surface area contributed by atoms with Crippen LogP contribution in [0.3, 0.4) is 0 Å². The number of hydrogen-bond acceptors (Lipinski definition) is 4. The van der Waals surface area contributed by atoms with Gasteiger partial charge in [0.2, 0.25) is 5.91 Å². The molecule has 0 saturated carbocycles. The Bertz CT molecular complexity index is 592. The number of nitrogens with zero attached hydrogens (tertiary/aromatic N) is 2. The molecule has 1 aromatic rings. The molecule has 0 N–H and O–H groups in total. The van der Waals surface area contributed by atoms with E-state index in [-0.39, 0.29) is 23.3 Å². The number of hydrogen-bond donors (Lipinski definition) is 0. The van der Waals surface area contributed by atoms with Crippen molar-refractivity contribution in [3.8, 4) is 0 Å². The lowest BCUT2D eigenvalue weighted by atomic mass is 10.1. The number of esters is 1. The number of alkyl halides is 3. The SMILES string of the molecule is COC(=O)C1CC(=O)N(c2ccc(Br)c(C(F)(F)F)n2)C1. The maximum absolute atomic E-state index is 12.8. The zero-order valence-electron chi connectivity index (χ0n) is 10.8. The molecular weight excluding hydrogens is 357 g/mol. The van der Waals surface area contributed by atoms with Crippen LogP contribution in [-0.2, 0) is 20.5 Å². The molecule has 2 heterocycles. The third-order valence-electron chi connectivity index (χ3n) is 3.04. The second kappa shape index (κ2) is 5.63. The highest BCUT2D eigenvalue weighted by atomic mass is 79.9. The van der Waals surface area contributed by atoms with Gasteiger partial charge in [-0.15, -0.1) is 0 Å². The van der Waals surface area contributed by atoms with E-state index in [1.807, 2.05) is 0 Å². The second-order valence-electron chi connectivity index (χ2n) is 4.43. The molecule has 1 unspecified atom stereocenters. The van der Waals surface area contributed by atoms with Crippen molar-refractivity contribution in [3.05, 3.63) is 22.3 Å². The van der Waals surface area contributed by atoms with E-state index in [9.17, 15) is 22.8 Å². The highest BCUT2D eigenvalue weighted by molar-refractivity contribution is 9.10. The molecule has 0 spiro atoms. The number of carbonyl (C=O) groups excluding carboxylic acids is 2. The van der Waals surface area contributed by atoms with Crippen LogP contribution in [0.25, 0.3) is 0 Å². The van der Waals surface area contributed by atoms with Crippen LogP contribution in [0.4, 0.5) is 19.0 Å². The van der Waals surface area contributed by atoms with Crippen molar-refractivity contribution in [2.45, 2.75) is 12.6 Å². The topological polar surface area (TPSA) is 59.5 Å². The Labute approximate surface area is 126 Å². The molecule has 0 radical (unpaired) electrons. The van der Waals surface area contributed by atoms with E-state index in [1.165, 1.54) is 19.2 Å². The van der Waals surface area contributed by atoms with Crippen LogP contribution >= 0.6 is 15.9 Å². The van der Waals surface area contributed by atoms with Crippen molar-refractivity contribution in [1.82, 2.24) is 4.98 Å². The number of carbonyl (C=O) groups is 2. The summed E-state index contributed by atoms with van der Waals surface area (Å²) in [5.74, 6) is -1.86. The minimum absolute atomic E-state index is 0.0442. The zero-order chi connectivity index (χ0) is 15.8. The third-order valence-corrected chi connectivity index (χ3v) is 3.68. The molecule has 1 saturated heterocycles. The maximum Gasteiger partial charge on any atom is 0.434 e. The molecule has 1 amide bonds. The van der Waals surface area contributed by atoms with Crippen LogP contribution in [0.2, 0.25) is 0 Å². The lowest BCUT2D eigenvalue weighted by Crippen LogP contribution is -2.27. The largest absolute Gasteiger partial charge is 0.469 e.